The van der Waals surface area contributed by atoms with Crippen molar-refractivity contribution in [3.63, 3.8) is 0 Å². The Balaban J connectivity index is 1.33. The Hall–Kier alpha value is -1.68. The third kappa shape index (κ3) is 4.04. The van der Waals surface area contributed by atoms with Crippen molar-refractivity contribution in [1.29, 1.82) is 0 Å². The second-order valence-corrected chi connectivity index (χ2v) is 12.5. The molecule has 1 aromatic carbocycles. The van der Waals surface area contributed by atoms with E-state index in [0.717, 1.165) is 48.6 Å². The molecule has 1 aromatic rings. The Kier molecular flexibility index (Phi) is 6.42. The first-order valence-electron chi connectivity index (χ1n) is 13.1. The fourth-order valence-corrected chi connectivity index (χ4v) is 8.75. The number of esters is 1. The first kappa shape index (κ1) is 24.0. The van der Waals surface area contributed by atoms with Gasteiger partial charge in [-0.25, -0.2) is 0 Å². The minimum atomic E-state index is -0.161. The minimum absolute atomic E-state index is 0.0483. The molecule has 0 heterocycles. The van der Waals surface area contributed by atoms with E-state index in [1.807, 2.05) is 36.4 Å². The fraction of sp³-hybridized carbons (Fsp3) is 0.600. The largest absolute Gasteiger partial charge is 0.462 e. The Morgan fingerprint density at radius 1 is 1.06 bits per heavy atom. The summed E-state index contributed by atoms with van der Waals surface area (Å²) in [4.78, 5) is 24.9. The van der Waals surface area contributed by atoms with Gasteiger partial charge in [-0.3, -0.25) is 9.59 Å². The van der Waals surface area contributed by atoms with Crippen molar-refractivity contribution in [2.24, 2.45) is 34.5 Å². The van der Waals surface area contributed by atoms with Crippen LogP contribution < -0.4 is 0 Å². The number of hydrogen-bond acceptors (Lipinski definition) is 3. The topological polar surface area (TPSA) is 43.4 Å². The van der Waals surface area contributed by atoms with Crippen molar-refractivity contribution >= 4 is 33.8 Å². The molecule has 0 spiro atoms. The Morgan fingerprint density at radius 3 is 2.62 bits per heavy atom. The van der Waals surface area contributed by atoms with E-state index in [9.17, 15) is 9.59 Å². The molecular formula is C30H37BrO3. The Labute approximate surface area is 212 Å². The molecule has 182 valence electrons. The molecule has 0 aliphatic heterocycles. The predicted octanol–water partition coefficient (Wildman–Crippen LogP) is 7.54. The van der Waals surface area contributed by atoms with Crippen LogP contribution in [0, 0.1) is 34.5 Å². The second kappa shape index (κ2) is 9.08. The van der Waals surface area contributed by atoms with Crippen LogP contribution in [0.3, 0.4) is 0 Å². The van der Waals surface area contributed by atoms with Crippen molar-refractivity contribution in [3.05, 3.63) is 52.0 Å². The van der Waals surface area contributed by atoms with Crippen LogP contribution in [-0.2, 0) is 14.3 Å². The van der Waals surface area contributed by atoms with E-state index < -0.39 is 0 Å². The van der Waals surface area contributed by atoms with E-state index in [1.54, 1.807) is 0 Å². The monoisotopic (exact) mass is 524 g/mol. The summed E-state index contributed by atoms with van der Waals surface area (Å²) < 4.78 is 6.61. The van der Waals surface area contributed by atoms with Gasteiger partial charge in [0.25, 0.3) is 0 Å². The highest BCUT2D eigenvalue weighted by Gasteiger charge is 2.59. The summed E-state index contributed by atoms with van der Waals surface area (Å²) in [5.74, 6) is 2.26. The van der Waals surface area contributed by atoms with Crippen LogP contribution in [-0.4, -0.2) is 17.9 Å². The maximum Gasteiger partial charge on any atom is 0.302 e. The summed E-state index contributed by atoms with van der Waals surface area (Å²) in [6.07, 6.45) is 15.0. The lowest BCUT2D eigenvalue weighted by atomic mass is 9.47. The van der Waals surface area contributed by atoms with Crippen LogP contribution in [0.2, 0.25) is 0 Å². The van der Waals surface area contributed by atoms with Crippen LogP contribution >= 0.6 is 15.9 Å². The third-order valence-electron chi connectivity index (χ3n) is 10.1. The van der Waals surface area contributed by atoms with Crippen molar-refractivity contribution in [2.75, 3.05) is 0 Å². The van der Waals surface area contributed by atoms with Crippen molar-refractivity contribution in [3.8, 4) is 0 Å². The molecule has 34 heavy (non-hydrogen) atoms. The van der Waals surface area contributed by atoms with Crippen LogP contribution in [0.25, 0.3) is 6.08 Å². The molecule has 3 fully saturated rings. The SMILES string of the molecule is CC(=O)O[C@H]1CC[C@@]2(C)C(=CCC3C4CCC(C(=O)/C=C/c5ccccc5Br)[C@@]4(C)CCC32)C1. The average molecular weight is 526 g/mol. The quantitative estimate of drug-likeness (QED) is 0.232. The molecule has 0 bridgehead atoms. The van der Waals surface area contributed by atoms with Gasteiger partial charge < -0.3 is 4.74 Å². The summed E-state index contributed by atoms with van der Waals surface area (Å²) in [6.45, 7) is 6.40. The highest BCUT2D eigenvalue weighted by molar-refractivity contribution is 9.10. The molecule has 3 saturated carbocycles. The summed E-state index contributed by atoms with van der Waals surface area (Å²) >= 11 is 3.59. The maximum atomic E-state index is 13.4. The van der Waals surface area contributed by atoms with Crippen LogP contribution in [0.15, 0.2) is 46.5 Å². The molecule has 0 saturated heterocycles. The predicted molar refractivity (Wildman–Crippen MR) is 139 cm³/mol. The highest BCUT2D eigenvalue weighted by Crippen LogP contribution is 2.66. The smallest absolute Gasteiger partial charge is 0.302 e. The molecule has 4 heteroatoms. The zero-order valence-corrected chi connectivity index (χ0v) is 22.3. The molecule has 3 nitrogen and oxygen atoms in total. The van der Waals surface area contributed by atoms with E-state index >= 15 is 0 Å². The minimum Gasteiger partial charge on any atom is -0.462 e. The first-order valence-corrected chi connectivity index (χ1v) is 13.8. The van der Waals surface area contributed by atoms with E-state index in [0.29, 0.717) is 23.5 Å². The molecule has 4 aliphatic rings. The molecule has 4 aliphatic carbocycles. The van der Waals surface area contributed by atoms with Crippen molar-refractivity contribution in [1.82, 2.24) is 0 Å². The van der Waals surface area contributed by atoms with Gasteiger partial charge in [0, 0.05) is 23.7 Å². The van der Waals surface area contributed by atoms with Crippen LogP contribution in [0.5, 0.6) is 0 Å². The van der Waals surface area contributed by atoms with E-state index in [4.69, 9.17) is 4.74 Å². The van der Waals surface area contributed by atoms with Crippen LogP contribution in [0.1, 0.15) is 77.7 Å². The van der Waals surface area contributed by atoms with Gasteiger partial charge >= 0.3 is 5.97 Å². The molecule has 7 atom stereocenters. The number of ether oxygens (including phenoxy) is 1. The van der Waals surface area contributed by atoms with Gasteiger partial charge in [-0.15, -0.1) is 0 Å². The van der Waals surface area contributed by atoms with Gasteiger partial charge in [0.1, 0.15) is 6.10 Å². The summed E-state index contributed by atoms with van der Waals surface area (Å²) in [5, 5.41) is 0. The zero-order valence-electron chi connectivity index (χ0n) is 20.7. The number of carbonyl (C=O) groups excluding carboxylic acids is 2. The lowest BCUT2D eigenvalue weighted by Gasteiger charge is -2.58. The number of benzene rings is 1. The molecule has 5 rings (SSSR count). The van der Waals surface area contributed by atoms with Crippen LogP contribution in [0.4, 0.5) is 0 Å². The van der Waals surface area contributed by atoms with Gasteiger partial charge in [-0.2, -0.15) is 0 Å². The summed E-state index contributed by atoms with van der Waals surface area (Å²) in [7, 11) is 0. The van der Waals surface area contributed by atoms with Gasteiger partial charge in [-0.05, 0) is 91.2 Å². The molecule has 0 aromatic heterocycles. The second-order valence-electron chi connectivity index (χ2n) is 11.7. The lowest BCUT2D eigenvalue weighted by Crippen LogP contribution is -2.51. The highest BCUT2D eigenvalue weighted by atomic mass is 79.9. The zero-order chi connectivity index (χ0) is 24.1. The van der Waals surface area contributed by atoms with Gasteiger partial charge in [0.05, 0.1) is 0 Å². The third-order valence-corrected chi connectivity index (χ3v) is 10.8. The van der Waals surface area contributed by atoms with Crippen molar-refractivity contribution < 1.29 is 14.3 Å². The summed E-state index contributed by atoms with van der Waals surface area (Å²) in [5.41, 5.74) is 2.91. The summed E-state index contributed by atoms with van der Waals surface area (Å²) in [6, 6.07) is 8.07. The number of hydrogen-bond donors (Lipinski definition) is 0. The normalized spacial score (nSPS) is 39.1. The number of allylic oxidation sites excluding steroid dienone is 2. The van der Waals surface area contributed by atoms with Gasteiger partial charge in [-0.1, -0.05) is 65.7 Å². The van der Waals surface area contributed by atoms with E-state index in [-0.39, 0.29) is 28.8 Å². The van der Waals surface area contributed by atoms with Crippen molar-refractivity contribution in [2.45, 2.75) is 78.2 Å². The Bertz CT molecular complexity index is 1040. The number of ketones is 1. The van der Waals surface area contributed by atoms with Gasteiger partial charge in [0.15, 0.2) is 5.78 Å². The maximum absolute atomic E-state index is 13.4. The molecule has 4 unspecified atom stereocenters. The fourth-order valence-electron chi connectivity index (χ4n) is 8.33. The number of halogens is 1. The molecule has 0 amide bonds. The standard InChI is InChI=1S/C30H37BrO3/c1-19(32)34-22-14-16-29(2)21(18-22)9-10-23-24-11-12-26(30(24,3)17-15-25(23)29)28(33)13-8-20-6-4-5-7-27(20)31/h4-9,13,22-26H,10-12,14-18H2,1-3H3/b13-8+/t22-,23?,24?,25?,26?,29-,30-/m0/s1. The Morgan fingerprint density at radius 2 is 1.85 bits per heavy atom. The molecule has 0 radical (unpaired) electrons. The number of rotatable bonds is 4. The number of carbonyl (C=O) groups is 2. The van der Waals surface area contributed by atoms with Gasteiger partial charge in [0.2, 0.25) is 0 Å². The van der Waals surface area contributed by atoms with E-state index in [2.05, 4.69) is 35.9 Å². The number of fused-ring (bicyclic) bond motifs is 5. The van der Waals surface area contributed by atoms with E-state index in [1.165, 1.54) is 25.3 Å². The molecule has 0 N–H and O–H groups in total. The first-order chi connectivity index (χ1) is 16.2. The molecular weight excluding hydrogens is 488 g/mol. The average Bonchev–Trinajstić information content (AvgIpc) is 3.15. The lowest BCUT2D eigenvalue weighted by molar-refractivity contribution is -0.149.